The molecule has 0 aromatic carbocycles. The van der Waals surface area contributed by atoms with Crippen molar-refractivity contribution in [3.05, 3.63) is 0 Å². The Morgan fingerprint density at radius 3 is 2.40 bits per heavy atom. The SMILES string of the molecule is CC1CC[C@@]2(OC1)OC1CC3C4CC[C@H]5CC(O)CCC5(C)C4CCC3(C)C1[C@@H]2C. The van der Waals surface area contributed by atoms with Crippen molar-refractivity contribution in [1.29, 1.82) is 0 Å². The molecule has 0 radical (unpaired) electrons. The second-order valence-electron chi connectivity index (χ2n) is 13.1. The fourth-order valence-electron chi connectivity index (χ4n) is 10.3. The minimum Gasteiger partial charge on any atom is -0.393 e. The third kappa shape index (κ3) is 2.61. The molecule has 2 aliphatic heterocycles. The first-order chi connectivity index (χ1) is 14.3. The van der Waals surface area contributed by atoms with Gasteiger partial charge >= 0.3 is 0 Å². The smallest absolute Gasteiger partial charge is 0.171 e. The molecule has 0 aromatic heterocycles. The molecule has 1 N–H and O–H groups in total. The van der Waals surface area contributed by atoms with E-state index in [2.05, 4.69) is 27.7 Å². The lowest BCUT2D eigenvalue weighted by molar-refractivity contribution is -0.273. The quantitative estimate of drug-likeness (QED) is 0.543. The van der Waals surface area contributed by atoms with Crippen molar-refractivity contribution in [1.82, 2.24) is 0 Å². The third-order valence-corrected chi connectivity index (χ3v) is 11.9. The first kappa shape index (κ1) is 20.5. The number of aliphatic hydroxyl groups excluding tert-OH is 1. The topological polar surface area (TPSA) is 38.7 Å². The monoisotopic (exact) mass is 416 g/mol. The molecule has 12 atom stereocenters. The average molecular weight is 417 g/mol. The fraction of sp³-hybridized carbons (Fsp3) is 1.00. The van der Waals surface area contributed by atoms with Crippen LogP contribution in [0.25, 0.3) is 0 Å². The summed E-state index contributed by atoms with van der Waals surface area (Å²) in [6, 6.07) is 0. The van der Waals surface area contributed by atoms with Gasteiger partial charge in [-0.25, -0.2) is 0 Å². The van der Waals surface area contributed by atoms with Crippen LogP contribution in [0.15, 0.2) is 0 Å². The predicted octanol–water partition coefficient (Wildman–Crippen LogP) is 5.79. The number of rotatable bonds is 0. The van der Waals surface area contributed by atoms with E-state index in [1.165, 1.54) is 44.9 Å². The van der Waals surface area contributed by atoms with Crippen LogP contribution >= 0.6 is 0 Å². The maximum absolute atomic E-state index is 10.3. The molecule has 6 aliphatic rings. The standard InChI is InChI=1S/C27H44O3/c1-16-7-12-27(29-15-16)17(2)24-23(30-27)14-22-20-6-5-18-13-19(28)8-10-25(18,3)21(20)9-11-26(22,24)4/h16-24,28H,5-15H2,1-4H3/t16?,17-,18-,19?,20?,21?,22?,23?,24?,25?,26?,27+/m0/s1. The van der Waals surface area contributed by atoms with Crippen LogP contribution in [0.3, 0.4) is 0 Å². The molecule has 9 unspecified atom stereocenters. The van der Waals surface area contributed by atoms with Gasteiger partial charge in [0.1, 0.15) is 0 Å². The van der Waals surface area contributed by atoms with E-state index in [0.29, 0.717) is 34.7 Å². The van der Waals surface area contributed by atoms with Gasteiger partial charge in [-0.1, -0.05) is 27.7 Å². The van der Waals surface area contributed by atoms with Crippen LogP contribution in [0, 0.1) is 52.3 Å². The van der Waals surface area contributed by atoms with Crippen LogP contribution in [0.5, 0.6) is 0 Å². The summed E-state index contributed by atoms with van der Waals surface area (Å²) in [5.74, 6) is 4.93. The first-order valence-corrected chi connectivity index (χ1v) is 13.3. The summed E-state index contributed by atoms with van der Waals surface area (Å²) >= 11 is 0. The zero-order valence-electron chi connectivity index (χ0n) is 19.7. The van der Waals surface area contributed by atoms with Crippen LogP contribution in [-0.2, 0) is 9.47 Å². The molecule has 4 aliphatic carbocycles. The van der Waals surface area contributed by atoms with Gasteiger partial charge in [-0.3, -0.25) is 0 Å². The first-order valence-electron chi connectivity index (χ1n) is 13.3. The second kappa shape index (κ2) is 6.70. The van der Waals surface area contributed by atoms with Crippen molar-refractivity contribution in [3.63, 3.8) is 0 Å². The maximum atomic E-state index is 10.3. The summed E-state index contributed by atoms with van der Waals surface area (Å²) in [4.78, 5) is 0. The molecular weight excluding hydrogens is 372 g/mol. The third-order valence-electron chi connectivity index (χ3n) is 11.9. The van der Waals surface area contributed by atoms with E-state index in [0.717, 1.165) is 49.5 Å². The number of fused-ring (bicyclic) bond motifs is 7. The molecule has 2 heterocycles. The summed E-state index contributed by atoms with van der Waals surface area (Å²) in [7, 11) is 0. The second-order valence-corrected chi connectivity index (χ2v) is 13.1. The van der Waals surface area contributed by atoms with E-state index in [4.69, 9.17) is 9.47 Å². The molecule has 1 spiro atoms. The lowest BCUT2D eigenvalue weighted by Gasteiger charge is -2.61. The van der Waals surface area contributed by atoms with Gasteiger partial charge in [-0.05, 0) is 104 Å². The van der Waals surface area contributed by atoms with E-state index in [-0.39, 0.29) is 11.9 Å². The maximum Gasteiger partial charge on any atom is 0.171 e. The van der Waals surface area contributed by atoms with Gasteiger partial charge in [-0.2, -0.15) is 0 Å². The van der Waals surface area contributed by atoms with Crippen molar-refractivity contribution in [2.45, 2.75) is 110 Å². The molecule has 0 amide bonds. The highest BCUT2D eigenvalue weighted by molar-refractivity contribution is 5.15. The van der Waals surface area contributed by atoms with Gasteiger partial charge in [0.15, 0.2) is 5.79 Å². The molecule has 3 nitrogen and oxygen atoms in total. The summed E-state index contributed by atoms with van der Waals surface area (Å²) < 4.78 is 13.4. The molecule has 6 fully saturated rings. The van der Waals surface area contributed by atoms with E-state index < -0.39 is 0 Å². The van der Waals surface area contributed by atoms with Crippen LogP contribution < -0.4 is 0 Å². The highest BCUT2D eigenvalue weighted by Gasteiger charge is 2.69. The van der Waals surface area contributed by atoms with Crippen LogP contribution in [0.4, 0.5) is 0 Å². The predicted molar refractivity (Wildman–Crippen MR) is 118 cm³/mol. The van der Waals surface area contributed by atoms with Gasteiger partial charge in [0.25, 0.3) is 0 Å². The van der Waals surface area contributed by atoms with Crippen molar-refractivity contribution in [2.24, 2.45) is 52.3 Å². The van der Waals surface area contributed by atoms with E-state index in [1.807, 2.05) is 0 Å². The minimum absolute atomic E-state index is 0.0389. The molecule has 30 heavy (non-hydrogen) atoms. The Hall–Kier alpha value is -0.120. The van der Waals surface area contributed by atoms with Crippen LogP contribution in [-0.4, -0.2) is 29.7 Å². The Morgan fingerprint density at radius 2 is 1.63 bits per heavy atom. The Labute approximate surface area is 183 Å². The lowest BCUT2D eigenvalue weighted by atomic mass is 9.44. The molecule has 0 bridgehead atoms. The highest BCUT2D eigenvalue weighted by atomic mass is 16.7. The van der Waals surface area contributed by atoms with Gasteiger partial charge < -0.3 is 14.6 Å². The van der Waals surface area contributed by atoms with Crippen molar-refractivity contribution in [2.75, 3.05) is 6.61 Å². The lowest BCUT2D eigenvalue weighted by Crippen LogP contribution is -2.55. The van der Waals surface area contributed by atoms with E-state index >= 15 is 0 Å². The molecule has 3 heteroatoms. The number of aliphatic hydroxyl groups is 1. The highest BCUT2D eigenvalue weighted by Crippen LogP contribution is 2.71. The van der Waals surface area contributed by atoms with Crippen LogP contribution in [0.2, 0.25) is 0 Å². The molecular formula is C27H44O3. The number of hydrogen-bond donors (Lipinski definition) is 1. The number of ether oxygens (including phenoxy) is 2. The van der Waals surface area contributed by atoms with Crippen molar-refractivity contribution < 1.29 is 14.6 Å². The van der Waals surface area contributed by atoms with E-state index in [9.17, 15) is 5.11 Å². The Balaban J connectivity index is 1.26. The summed E-state index contributed by atoms with van der Waals surface area (Å²) in [5.41, 5.74) is 0.899. The van der Waals surface area contributed by atoms with Gasteiger partial charge in [0, 0.05) is 12.3 Å². The van der Waals surface area contributed by atoms with Crippen molar-refractivity contribution in [3.8, 4) is 0 Å². The minimum atomic E-state index is -0.282. The van der Waals surface area contributed by atoms with Gasteiger partial charge in [0.05, 0.1) is 18.8 Å². The van der Waals surface area contributed by atoms with Gasteiger partial charge in [-0.15, -0.1) is 0 Å². The van der Waals surface area contributed by atoms with Gasteiger partial charge in [0.2, 0.25) is 0 Å². The summed E-state index contributed by atoms with van der Waals surface area (Å²) in [6.07, 6.45) is 12.9. The normalized spacial score (nSPS) is 62.5. The number of hydrogen-bond acceptors (Lipinski definition) is 3. The Morgan fingerprint density at radius 1 is 0.833 bits per heavy atom. The zero-order chi connectivity index (χ0) is 20.9. The fourth-order valence-corrected chi connectivity index (χ4v) is 10.3. The molecule has 4 saturated carbocycles. The molecule has 6 rings (SSSR count). The van der Waals surface area contributed by atoms with E-state index in [1.54, 1.807) is 0 Å². The summed E-state index contributed by atoms with van der Waals surface area (Å²) in [5, 5.41) is 10.3. The molecule has 2 saturated heterocycles. The Kier molecular flexibility index (Phi) is 4.58. The van der Waals surface area contributed by atoms with Crippen molar-refractivity contribution >= 4 is 0 Å². The zero-order valence-corrected chi connectivity index (χ0v) is 19.7. The summed E-state index contributed by atoms with van der Waals surface area (Å²) in [6.45, 7) is 10.9. The largest absolute Gasteiger partial charge is 0.393 e. The molecule has 0 aromatic rings. The Bertz CT molecular complexity index is 684. The average Bonchev–Trinajstić information content (AvgIpc) is 3.16. The molecule has 170 valence electrons. The van der Waals surface area contributed by atoms with Crippen LogP contribution in [0.1, 0.15) is 91.9 Å².